The minimum absolute atomic E-state index is 0.0763. The van der Waals surface area contributed by atoms with E-state index in [0.717, 1.165) is 12.8 Å². The zero-order valence-electron chi connectivity index (χ0n) is 10.4. The number of hydrogen-bond acceptors (Lipinski definition) is 3. The molecule has 1 aliphatic rings. The summed E-state index contributed by atoms with van der Waals surface area (Å²) in [4.78, 5) is 22.5. The Morgan fingerprint density at radius 1 is 1.47 bits per heavy atom. The van der Waals surface area contributed by atoms with Crippen molar-refractivity contribution in [3.8, 4) is 5.75 Å². The Labute approximate surface area is 115 Å². The lowest BCUT2D eigenvalue weighted by atomic mass is 10.2. The van der Waals surface area contributed by atoms with Crippen molar-refractivity contribution in [3.05, 3.63) is 28.8 Å². The quantitative estimate of drug-likeness (QED) is 0.867. The molecule has 2 rings (SSSR count). The van der Waals surface area contributed by atoms with Crippen LogP contribution in [-0.2, 0) is 4.79 Å². The summed E-state index contributed by atoms with van der Waals surface area (Å²) in [6.07, 6.45) is 1.34. The predicted octanol–water partition coefficient (Wildman–Crippen LogP) is 2.08. The SMILES string of the molecule is CC(Oc1ccc(C(=O)O)cc1Cl)C(=O)NC1CC1. The second-order valence-electron chi connectivity index (χ2n) is 4.49. The minimum atomic E-state index is -1.06. The number of nitrogens with one attached hydrogen (secondary N) is 1. The molecule has 0 spiro atoms. The summed E-state index contributed by atoms with van der Waals surface area (Å²) in [6, 6.07) is 4.40. The first-order valence-corrected chi connectivity index (χ1v) is 6.35. The van der Waals surface area contributed by atoms with Gasteiger partial charge in [-0.3, -0.25) is 4.79 Å². The first kappa shape index (κ1) is 13.7. The third-order valence-corrected chi connectivity index (χ3v) is 3.07. The highest BCUT2D eigenvalue weighted by Gasteiger charge is 2.26. The van der Waals surface area contributed by atoms with Crippen LogP contribution in [0.2, 0.25) is 5.02 Å². The fourth-order valence-corrected chi connectivity index (χ4v) is 1.74. The van der Waals surface area contributed by atoms with Crippen LogP contribution in [0.25, 0.3) is 0 Å². The fraction of sp³-hybridized carbons (Fsp3) is 0.385. The zero-order valence-corrected chi connectivity index (χ0v) is 11.1. The van der Waals surface area contributed by atoms with Crippen LogP contribution in [0.1, 0.15) is 30.1 Å². The predicted molar refractivity (Wildman–Crippen MR) is 69.7 cm³/mol. The van der Waals surface area contributed by atoms with E-state index < -0.39 is 12.1 Å². The molecule has 5 nitrogen and oxygen atoms in total. The van der Waals surface area contributed by atoms with E-state index >= 15 is 0 Å². The van der Waals surface area contributed by atoms with Crippen LogP contribution in [0, 0.1) is 0 Å². The highest BCUT2D eigenvalue weighted by Crippen LogP contribution is 2.27. The summed E-state index contributed by atoms with van der Waals surface area (Å²) in [6.45, 7) is 1.62. The molecule has 6 heteroatoms. The maximum Gasteiger partial charge on any atom is 0.335 e. The molecular weight excluding hydrogens is 270 g/mol. The van der Waals surface area contributed by atoms with E-state index in [4.69, 9.17) is 21.4 Å². The number of benzene rings is 1. The maximum atomic E-state index is 11.7. The van der Waals surface area contributed by atoms with Gasteiger partial charge in [-0.2, -0.15) is 0 Å². The molecule has 2 N–H and O–H groups in total. The number of rotatable bonds is 5. The van der Waals surface area contributed by atoms with Crippen LogP contribution in [0.3, 0.4) is 0 Å². The van der Waals surface area contributed by atoms with Crippen LogP contribution in [-0.4, -0.2) is 29.1 Å². The molecule has 1 aromatic carbocycles. The van der Waals surface area contributed by atoms with Gasteiger partial charge in [0.15, 0.2) is 6.10 Å². The summed E-state index contributed by atoms with van der Waals surface area (Å²) < 4.78 is 5.43. The Kier molecular flexibility index (Phi) is 3.95. The Bertz CT molecular complexity index is 513. The monoisotopic (exact) mass is 283 g/mol. The first-order chi connectivity index (χ1) is 8.97. The highest BCUT2D eigenvalue weighted by atomic mass is 35.5. The van der Waals surface area contributed by atoms with E-state index in [9.17, 15) is 9.59 Å². The second-order valence-corrected chi connectivity index (χ2v) is 4.90. The van der Waals surface area contributed by atoms with Crippen LogP contribution < -0.4 is 10.1 Å². The molecule has 0 saturated heterocycles. The van der Waals surface area contributed by atoms with Gasteiger partial charge in [-0.05, 0) is 38.0 Å². The largest absolute Gasteiger partial charge is 0.479 e. The van der Waals surface area contributed by atoms with Crippen molar-refractivity contribution in [2.75, 3.05) is 0 Å². The Balaban J connectivity index is 2.01. The molecule has 19 heavy (non-hydrogen) atoms. The lowest BCUT2D eigenvalue weighted by molar-refractivity contribution is -0.127. The third-order valence-electron chi connectivity index (χ3n) is 2.78. The standard InChI is InChI=1S/C13H14ClNO4/c1-7(12(16)15-9-3-4-9)19-11-5-2-8(13(17)18)6-10(11)14/h2,5-7,9H,3-4H2,1H3,(H,15,16)(H,17,18). The molecule has 0 aliphatic heterocycles. The molecule has 1 atom stereocenters. The number of halogens is 1. The Morgan fingerprint density at radius 3 is 2.68 bits per heavy atom. The van der Waals surface area contributed by atoms with Crippen molar-refractivity contribution in [1.82, 2.24) is 5.32 Å². The topological polar surface area (TPSA) is 75.6 Å². The molecular formula is C13H14ClNO4. The summed E-state index contributed by atoms with van der Waals surface area (Å²) in [5, 5.41) is 11.8. The molecule has 1 aromatic rings. The van der Waals surface area contributed by atoms with Crippen LogP contribution in [0.5, 0.6) is 5.75 Å². The van der Waals surface area contributed by atoms with Gasteiger partial charge in [0.25, 0.3) is 5.91 Å². The molecule has 0 radical (unpaired) electrons. The molecule has 102 valence electrons. The van der Waals surface area contributed by atoms with Gasteiger partial charge in [0.1, 0.15) is 5.75 Å². The number of ether oxygens (including phenoxy) is 1. The Morgan fingerprint density at radius 2 is 2.16 bits per heavy atom. The summed E-state index contributed by atoms with van der Waals surface area (Å²) in [5.41, 5.74) is 0.0763. The molecule has 0 bridgehead atoms. The molecule has 1 unspecified atom stereocenters. The summed E-state index contributed by atoms with van der Waals surface area (Å²) in [5.74, 6) is -0.959. The van der Waals surface area contributed by atoms with Crippen molar-refractivity contribution < 1.29 is 19.4 Å². The van der Waals surface area contributed by atoms with Gasteiger partial charge in [0, 0.05) is 6.04 Å². The molecule has 1 fully saturated rings. The zero-order chi connectivity index (χ0) is 14.0. The van der Waals surface area contributed by atoms with Crippen molar-refractivity contribution in [3.63, 3.8) is 0 Å². The second kappa shape index (κ2) is 5.48. The van der Waals surface area contributed by atoms with E-state index in [1.807, 2.05) is 0 Å². The number of hydrogen-bond donors (Lipinski definition) is 2. The number of carboxylic acid groups (broad SMARTS) is 1. The van der Waals surface area contributed by atoms with Crippen LogP contribution in [0.4, 0.5) is 0 Å². The fourth-order valence-electron chi connectivity index (χ4n) is 1.52. The third kappa shape index (κ3) is 3.61. The number of amides is 1. The van der Waals surface area contributed by atoms with Gasteiger partial charge < -0.3 is 15.2 Å². The van der Waals surface area contributed by atoms with Crippen molar-refractivity contribution in [2.45, 2.75) is 31.9 Å². The molecule has 1 aliphatic carbocycles. The van der Waals surface area contributed by atoms with Gasteiger partial charge in [0.2, 0.25) is 0 Å². The molecule has 0 aromatic heterocycles. The first-order valence-electron chi connectivity index (χ1n) is 5.97. The van der Waals surface area contributed by atoms with E-state index in [-0.39, 0.29) is 22.5 Å². The van der Waals surface area contributed by atoms with E-state index in [0.29, 0.717) is 5.75 Å². The van der Waals surface area contributed by atoms with E-state index in [1.165, 1.54) is 18.2 Å². The molecule has 1 amide bonds. The van der Waals surface area contributed by atoms with Crippen molar-refractivity contribution >= 4 is 23.5 Å². The smallest absolute Gasteiger partial charge is 0.335 e. The van der Waals surface area contributed by atoms with Gasteiger partial charge in [-0.1, -0.05) is 11.6 Å². The van der Waals surface area contributed by atoms with Crippen LogP contribution >= 0.6 is 11.6 Å². The number of aromatic carboxylic acids is 1. The van der Waals surface area contributed by atoms with E-state index in [2.05, 4.69) is 5.32 Å². The normalized spacial score (nSPS) is 15.7. The number of carboxylic acids is 1. The van der Waals surface area contributed by atoms with Gasteiger partial charge in [-0.15, -0.1) is 0 Å². The molecule has 0 heterocycles. The van der Waals surface area contributed by atoms with Crippen molar-refractivity contribution in [1.29, 1.82) is 0 Å². The van der Waals surface area contributed by atoms with Gasteiger partial charge in [-0.25, -0.2) is 4.79 Å². The lowest BCUT2D eigenvalue weighted by Crippen LogP contribution is -2.37. The van der Waals surface area contributed by atoms with Gasteiger partial charge >= 0.3 is 5.97 Å². The molecule has 1 saturated carbocycles. The lowest BCUT2D eigenvalue weighted by Gasteiger charge is -2.15. The average Bonchev–Trinajstić information content (AvgIpc) is 3.15. The Hall–Kier alpha value is -1.75. The number of carbonyl (C=O) groups is 2. The van der Waals surface area contributed by atoms with E-state index in [1.54, 1.807) is 6.92 Å². The average molecular weight is 284 g/mol. The maximum absolute atomic E-state index is 11.7. The van der Waals surface area contributed by atoms with Crippen LogP contribution in [0.15, 0.2) is 18.2 Å². The highest BCUT2D eigenvalue weighted by molar-refractivity contribution is 6.32. The number of carbonyl (C=O) groups excluding carboxylic acids is 1. The minimum Gasteiger partial charge on any atom is -0.479 e. The summed E-state index contributed by atoms with van der Waals surface area (Å²) in [7, 11) is 0. The van der Waals surface area contributed by atoms with Crippen molar-refractivity contribution in [2.24, 2.45) is 0 Å². The summed E-state index contributed by atoms with van der Waals surface area (Å²) >= 11 is 5.92. The van der Waals surface area contributed by atoms with Gasteiger partial charge in [0.05, 0.1) is 10.6 Å².